The molecule has 0 aliphatic carbocycles. The Balaban J connectivity index is 2.54. The summed E-state index contributed by atoms with van der Waals surface area (Å²) in [6.45, 7) is 3.58. The molecule has 0 radical (unpaired) electrons. The van der Waals surface area contributed by atoms with Crippen molar-refractivity contribution in [3.63, 3.8) is 0 Å². The van der Waals surface area contributed by atoms with Gasteiger partial charge in [0.05, 0.1) is 5.69 Å². The number of aromatic nitrogens is 2. The van der Waals surface area contributed by atoms with Crippen LogP contribution in [0.3, 0.4) is 0 Å². The molecule has 78 valence electrons. The van der Waals surface area contributed by atoms with Gasteiger partial charge in [0.25, 0.3) is 0 Å². The predicted octanol–water partition coefficient (Wildman–Crippen LogP) is 2.41. The van der Waals surface area contributed by atoms with Gasteiger partial charge < -0.3 is 10.7 Å². The number of nitrogens with one attached hydrogen (secondary N) is 1. The van der Waals surface area contributed by atoms with E-state index in [1.165, 1.54) is 6.07 Å². The lowest BCUT2D eigenvalue weighted by Crippen LogP contribution is -1.87. The number of halogens is 1. The van der Waals surface area contributed by atoms with Gasteiger partial charge in [-0.05, 0) is 25.5 Å². The number of nitrogens with two attached hydrogens (primary N) is 1. The van der Waals surface area contributed by atoms with Crippen LogP contribution in [0.5, 0.6) is 0 Å². The van der Waals surface area contributed by atoms with Crippen LogP contribution in [0.2, 0.25) is 0 Å². The number of H-pyrrole nitrogens is 1. The number of imidazole rings is 1. The van der Waals surface area contributed by atoms with Gasteiger partial charge in [0.1, 0.15) is 5.82 Å². The molecular weight excluding hydrogens is 193 g/mol. The van der Waals surface area contributed by atoms with E-state index in [1.54, 1.807) is 13.0 Å². The summed E-state index contributed by atoms with van der Waals surface area (Å²) < 4.78 is 13.3. The lowest BCUT2D eigenvalue weighted by atomic mass is 10.1. The van der Waals surface area contributed by atoms with Crippen LogP contribution in [-0.2, 0) is 0 Å². The van der Waals surface area contributed by atoms with Gasteiger partial charge in [-0.2, -0.15) is 0 Å². The zero-order valence-electron chi connectivity index (χ0n) is 8.63. The van der Waals surface area contributed by atoms with E-state index in [9.17, 15) is 4.39 Å². The second-order valence-corrected chi connectivity index (χ2v) is 3.56. The van der Waals surface area contributed by atoms with E-state index >= 15 is 0 Å². The first-order valence-corrected chi connectivity index (χ1v) is 4.66. The highest BCUT2D eigenvalue weighted by Gasteiger charge is 2.08. The van der Waals surface area contributed by atoms with E-state index in [4.69, 9.17) is 5.73 Å². The molecule has 4 heteroatoms. The van der Waals surface area contributed by atoms with Crippen LogP contribution >= 0.6 is 0 Å². The standard InChI is InChI=1S/C11H12FN3/c1-6-3-4-8(5-9(6)12)10-7(2)14-11(13)15-10/h3-5H,1-2H3,(H3,13,14,15). The van der Waals surface area contributed by atoms with Gasteiger partial charge in [0.15, 0.2) is 5.95 Å². The van der Waals surface area contributed by atoms with Crippen molar-refractivity contribution in [1.29, 1.82) is 0 Å². The monoisotopic (exact) mass is 205 g/mol. The minimum Gasteiger partial charge on any atom is -0.369 e. The third kappa shape index (κ3) is 1.70. The molecular formula is C11H12FN3. The van der Waals surface area contributed by atoms with Gasteiger partial charge in [0.2, 0.25) is 0 Å². The normalized spacial score (nSPS) is 10.6. The van der Waals surface area contributed by atoms with Gasteiger partial charge in [-0.1, -0.05) is 12.1 Å². The summed E-state index contributed by atoms with van der Waals surface area (Å²) in [5.74, 6) is 0.122. The van der Waals surface area contributed by atoms with E-state index in [0.29, 0.717) is 17.2 Å². The van der Waals surface area contributed by atoms with Crippen LogP contribution < -0.4 is 5.73 Å². The maximum atomic E-state index is 13.3. The third-order valence-electron chi connectivity index (χ3n) is 2.35. The zero-order valence-corrected chi connectivity index (χ0v) is 8.63. The van der Waals surface area contributed by atoms with Crippen molar-refractivity contribution in [3.05, 3.63) is 35.3 Å². The number of benzene rings is 1. The highest BCUT2D eigenvalue weighted by Crippen LogP contribution is 2.23. The van der Waals surface area contributed by atoms with E-state index < -0.39 is 0 Å². The Labute approximate surface area is 87.2 Å². The number of rotatable bonds is 1. The molecule has 1 aromatic heterocycles. The summed E-state index contributed by atoms with van der Waals surface area (Å²) in [6, 6.07) is 5.04. The highest BCUT2D eigenvalue weighted by molar-refractivity contribution is 5.63. The molecule has 1 heterocycles. The number of nitrogen functional groups attached to an aromatic ring is 1. The first kappa shape index (κ1) is 9.71. The number of aromatic amines is 1. The van der Waals surface area contributed by atoms with Crippen molar-refractivity contribution in [2.45, 2.75) is 13.8 Å². The van der Waals surface area contributed by atoms with Crippen LogP contribution in [0.4, 0.5) is 10.3 Å². The molecule has 0 aliphatic heterocycles. The van der Waals surface area contributed by atoms with Gasteiger partial charge in [-0.3, -0.25) is 0 Å². The molecule has 15 heavy (non-hydrogen) atoms. The number of nitrogens with zero attached hydrogens (tertiary/aromatic N) is 1. The molecule has 3 N–H and O–H groups in total. The van der Waals surface area contributed by atoms with Crippen molar-refractivity contribution in [1.82, 2.24) is 9.97 Å². The molecule has 0 fully saturated rings. The lowest BCUT2D eigenvalue weighted by Gasteiger charge is -2.00. The van der Waals surface area contributed by atoms with Crippen molar-refractivity contribution in [2.75, 3.05) is 5.73 Å². The van der Waals surface area contributed by atoms with Crippen LogP contribution in [0, 0.1) is 19.7 Å². The number of hydrogen-bond acceptors (Lipinski definition) is 2. The Kier molecular flexibility index (Phi) is 2.19. The molecule has 3 nitrogen and oxygen atoms in total. The van der Waals surface area contributed by atoms with E-state index in [2.05, 4.69) is 9.97 Å². The Hall–Kier alpha value is -1.84. The second kappa shape index (κ2) is 3.38. The predicted molar refractivity (Wildman–Crippen MR) is 57.9 cm³/mol. The van der Waals surface area contributed by atoms with E-state index in [1.807, 2.05) is 13.0 Å². The maximum absolute atomic E-state index is 13.3. The first-order chi connectivity index (χ1) is 7.08. The Morgan fingerprint density at radius 1 is 1.33 bits per heavy atom. The van der Waals surface area contributed by atoms with E-state index in [0.717, 1.165) is 11.3 Å². The summed E-state index contributed by atoms with van der Waals surface area (Å²) in [5, 5.41) is 0. The molecule has 2 rings (SSSR count). The minimum absolute atomic E-state index is 0.228. The van der Waals surface area contributed by atoms with Crippen molar-refractivity contribution in [2.24, 2.45) is 0 Å². The average Bonchev–Trinajstić information content (AvgIpc) is 2.50. The van der Waals surface area contributed by atoms with Crippen molar-refractivity contribution >= 4 is 5.95 Å². The zero-order chi connectivity index (χ0) is 11.0. The fraction of sp³-hybridized carbons (Fsp3) is 0.182. The van der Waals surface area contributed by atoms with Crippen LogP contribution in [-0.4, -0.2) is 9.97 Å². The molecule has 0 unspecified atom stereocenters. The molecule has 0 spiro atoms. The highest BCUT2D eigenvalue weighted by atomic mass is 19.1. The van der Waals surface area contributed by atoms with Gasteiger partial charge in [-0.25, -0.2) is 9.37 Å². The van der Waals surface area contributed by atoms with Crippen molar-refractivity contribution in [3.8, 4) is 11.3 Å². The molecule has 0 bridgehead atoms. The fourth-order valence-electron chi connectivity index (χ4n) is 1.50. The van der Waals surface area contributed by atoms with E-state index in [-0.39, 0.29) is 5.82 Å². The minimum atomic E-state index is -0.228. The topological polar surface area (TPSA) is 54.7 Å². The summed E-state index contributed by atoms with van der Waals surface area (Å²) in [6.07, 6.45) is 0. The number of aryl methyl sites for hydroxylation is 2. The summed E-state index contributed by atoms with van der Waals surface area (Å²) >= 11 is 0. The Bertz CT molecular complexity index is 503. The van der Waals surface area contributed by atoms with Crippen LogP contribution in [0.1, 0.15) is 11.3 Å². The van der Waals surface area contributed by atoms with Crippen LogP contribution in [0.15, 0.2) is 18.2 Å². The third-order valence-corrected chi connectivity index (χ3v) is 2.35. The average molecular weight is 205 g/mol. The van der Waals surface area contributed by atoms with Crippen LogP contribution in [0.25, 0.3) is 11.3 Å². The van der Waals surface area contributed by atoms with Gasteiger partial charge in [0, 0.05) is 11.3 Å². The SMILES string of the molecule is Cc1ccc(-c2nc(N)[nH]c2C)cc1F. The molecule has 0 saturated carbocycles. The first-order valence-electron chi connectivity index (χ1n) is 4.66. The smallest absolute Gasteiger partial charge is 0.198 e. The quantitative estimate of drug-likeness (QED) is 0.751. The maximum Gasteiger partial charge on any atom is 0.198 e. The number of anilines is 1. The molecule has 0 amide bonds. The lowest BCUT2D eigenvalue weighted by molar-refractivity contribution is 0.619. The largest absolute Gasteiger partial charge is 0.369 e. The summed E-state index contributed by atoms with van der Waals surface area (Å²) in [4.78, 5) is 6.99. The molecule has 0 atom stereocenters. The second-order valence-electron chi connectivity index (χ2n) is 3.56. The Morgan fingerprint density at radius 3 is 2.60 bits per heavy atom. The molecule has 0 aliphatic rings. The van der Waals surface area contributed by atoms with Gasteiger partial charge in [-0.15, -0.1) is 0 Å². The van der Waals surface area contributed by atoms with Crippen molar-refractivity contribution < 1.29 is 4.39 Å². The fourth-order valence-corrected chi connectivity index (χ4v) is 1.50. The summed E-state index contributed by atoms with van der Waals surface area (Å²) in [5.41, 5.74) is 8.43. The molecule has 2 aromatic rings. The summed E-state index contributed by atoms with van der Waals surface area (Å²) in [7, 11) is 0. The van der Waals surface area contributed by atoms with Gasteiger partial charge >= 0.3 is 0 Å². The molecule has 1 aromatic carbocycles. The number of hydrogen-bond donors (Lipinski definition) is 2. The molecule has 0 saturated heterocycles. The Morgan fingerprint density at radius 2 is 2.07 bits per heavy atom.